The average molecular weight is 313 g/mol. The quantitative estimate of drug-likeness (QED) is 0.662. The number of hydrogen-bond donors (Lipinski definition) is 1. The van der Waals surface area contributed by atoms with E-state index in [0.717, 1.165) is 31.0 Å². The highest BCUT2D eigenvalue weighted by Crippen LogP contribution is 2.44. The predicted octanol–water partition coefficient (Wildman–Crippen LogP) is 2.36. The minimum absolute atomic E-state index is 0.0285. The molecule has 3 aliphatic rings. The fourth-order valence-corrected chi connectivity index (χ4v) is 4.52. The van der Waals surface area contributed by atoms with Crippen LogP contribution >= 0.6 is 11.8 Å². The molecule has 3 fully saturated rings. The van der Waals surface area contributed by atoms with Crippen molar-refractivity contribution in [1.29, 1.82) is 0 Å². The summed E-state index contributed by atoms with van der Waals surface area (Å²) < 4.78 is 11.1. The summed E-state index contributed by atoms with van der Waals surface area (Å²) in [4.78, 5) is 12.6. The van der Waals surface area contributed by atoms with E-state index in [-0.39, 0.29) is 5.97 Å². The van der Waals surface area contributed by atoms with E-state index in [9.17, 15) is 4.79 Å². The molecule has 2 saturated carbocycles. The number of hydrogen-bond acceptors (Lipinski definition) is 5. The van der Waals surface area contributed by atoms with Crippen LogP contribution in [0.4, 0.5) is 0 Å². The Labute approximate surface area is 131 Å². The Bertz CT molecular complexity index is 365. The third-order valence-corrected chi connectivity index (χ3v) is 5.88. The van der Waals surface area contributed by atoms with Crippen molar-refractivity contribution in [2.75, 3.05) is 24.7 Å². The molecule has 21 heavy (non-hydrogen) atoms. The van der Waals surface area contributed by atoms with E-state index < -0.39 is 5.54 Å². The lowest BCUT2D eigenvalue weighted by molar-refractivity contribution is -0.151. The molecule has 2 aliphatic carbocycles. The summed E-state index contributed by atoms with van der Waals surface area (Å²) in [6, 6.07) is 0.526. The largest absolute Gasteiger partial charge is 0.465 e. The van der Waals surface area contributed by atoms with E-state index in [1.165, 1.54) is 25.7 Å². The molecular formula is C16H27NO3S. The number of carbonyl (C=O) groups excluding carboxylic acids is 1. The van der Waals surface area contributed by atoms with E-state index in [0.29, 0.717) is 24.7 Å². The topological polar surface area (TPSA) is 47.6 Å². The Kier molecular flexibility index (Phi) is 5.12. The van der Waals surface area contributed by atoms with Gasteiger partial charge in [-0.15, -0.1) is 0 Å². The SMILES string of the molecule is CCOC(=O)C(CSCC1CCCO1)(NC1CC1)C1CC1. The number of ether oxygens (including phenoxy) is 2. The molecule has 2 atom stereocenters. The summed E-state index contributed by atoms with van der Waals surface area (Å²) in [5, 5.41) is 3.64. The van der Waals surface area contributed by atoms with E-state index in [1.807, 2.05) is 18.7 Å². The zero-order valence-electron chi connectivity index (χ0n) is 12.9. The van der Waals surface area contributed by atoms with Crippen LogP contribution in [0.2, 0.25) is 0 Å². The lowest BCUT2D eigenvalue weighted by Crippen LogP contribution is -2.58. The first-order chi connectivity index (χ1) is 10.2. The lowest BCUT2D eigenvalue weighted by Gasteiger charge is -2.33. The van der Waals surface area contributed by atoms with Crippen LogP contribution in [0, 0.1) is 5.92 Å². The Balaban J connectivity index is 1.60. The van der Waals surface area contributed by atoms with Gasteiger partial charge in [0.25, 0.3) is 0 Å². The van der Waals surface area contributed by atoms with Gasteiger partial charge in [-0.25, -0.2) is 0 Å². The van der Waals surface area contributed by atoms with Gasteiger partial charge in [0.1, 0.15) is 5.54 Å². The number of nitrogens with one attached hydrogen (secondary N) is 1. The van der Waals surface area contributed by atoms with Crippen LogP contribution in [0.1, 0.15) is 45.4 Å². The van der Waals surface area contributed by atoms with Gasteiger partial charge < -0.3 is 9.47 Å². The number of esters is 1. The molecule has 0 aromatic carbocycles. The fraction of sp³-hybridized carbons (Fsp3) is 0.938. The van der Waals surface area contributed by atoms with Gasteiger partial charge in [0.2, 0.25) is 0 Å². The maximum atomic E-state index is 12.6. The molecular weight excluding hydrogens is 286 g/mol. The zero-order valence-corrected chi connectivity index (χ0v) is 13.8. The number of thioether (sulfide) groups is 1. The lowest BCUT2D eigenvalue weighted by atomic mass is 9.95. The average Bonchev–Trinajstić information content (AvgIpc) is 3.39. The molecule has 0 spiro atoms. The number of rotatable bonds is 9. The van der Waals surface area contributed by atoms with Crippen molar-refractivity contribution in [2.45, 2.75) is 63.1 Å². The first-order valence-corrected chi connectivity index (χ1v) is 9.54. The molecule has 5 heteroatoms. The Morgan fingerprint density at radius 1 is 1.33 bits per heavy atom. The third kappa shape index (κ3) is 3.93. The zero-order chi connectivity index (χ0) is 14.7. The van der Waals surface area contributed by atoms with Gasteiger partial charge in [-0.3, -0.25) is 10.1 Å². The summed E-state index contributed by atoms with van der Waals surface area (Å²) in [6.07, 6.45) is 7.43. The molecule has 0 aromatic rings. The van der Waals surface area contributed by atoms with Crippen molar-refractivity contribution >= 4 is 17.7 Å². The monoisotopic (exact) mass is 313 g/mol. The van der Waals surface area contributed by atoms with Crippen molar-refractivity contribution in [3.63, 3.8) is 0 Å². The molecule has 0 aromatic heterocycles. The maximum Gasteiger partial charge on any atom is 0.327 e. The second-order valence-corrected chi connectivity index (χ2v) is 7.57. The highest BCUT2D eigenvalue weighted by Gasteiger charge is 2.53. The molecule has 2 unspecified atom stereocenters. The number of carbonyl (C=O) groups is 1. The van der Waals surface area contributed by atoms with Crippen LogP contribution in [0.3, 0.4) is 0 Å². The van der Waals surface area contributed by atoms with Gasteiger partial charge in [0.15, 0.2) is 0 Å². The van der Waals surface area contributed by atoms with Crippen LogP contribution < -0.4 is 5.32 Å². The second kappa shape index (κ2) is 6.88. The van der Waals surface area contributed by atoms with Gasteiger partial charge >= 0.3 is 5.97 Å². The molecule has 4 nitrogen and oxygen atoms in total. The first kappa shape index (κ1) is 15.6. The molecule has 0 radical (unpaired) electrons. The van der Waals surface area contributed by atoms with Crippen molar-refractivity contribution in [1.82, 2.24) is 5.32 Å². The summed E-state index contributed by atoms with van der Waals surface area (Å²) in [5.41, 5.74) is -0.444. The second-order valence-electron chi connectivity index (χ2n) is 6.53. The Morgan fingerprint density at radius 3 is 2.71 bits per heavy atom. The normalized spacial score (nSPS) is 28.3. The van der Waals surface area contributed by atoms with Crippen LogP contribution in [0.5, 0.6) is 0 Å². The van der Waals surface area contributed by atoms with Crippen molar-refractivity contribution in [2.24, 2.45) is 5.92 Å². The van der Waals surface area contributed by atoms with Crippen LogP contribution in [0.15, 0.2) is 0 Å². The molecule has 0 amide bonds. The highest BCUT2D eigenvalue weighted by molar-refractivity contribution is 7.99. The van der Waals surface area contributed by atoms with Crippen LogP contribution in [-0.2, 0) is 14.3 Å². The van der Waals surface area contributed by atoms with E-state index >= 15 is 0 Å². The predicted molar refractivity (Wildman–Crippen MR) is 84.5 cm³/mol. The highest BCUT2D eigenvalue weighted by atomic mass is 32.2. The molecule has 1 aliphatic heterocycles. The van der Waals surface area contributed by atoms with Crippen molar-refractivity contribution < 1.29 is 14.3 Å². The molecule has 120 valence electrons. The molecule has 1 saturated heterocycles. The summed E-state index contributed by atoms with van der Waals surface area (Å²) in [5.74, 6) is 2.26. The van der Waals surface area contributed by atoms with Crippen molar-refractivity contribution in [3.05, 3.63) is 0 Å². The minimum atomic E-state index is -0.444. The van der Waals surface area contributed by atoms with E-state index in [1.54, 1.807) is 0 Å². The van der Waals surface area contributed by atoms with E-state index in [2.05, 4.69) is 5.32 Å². The standard InChI is InChI=1S/C16H27NO3S/c1-2-19-15(18)16(12-5-6-12,17-13-7-8-13)11-21-10-14-4-3-9-20-14/h12-14,17H,2-11H2,1H3. The van der Waals surface area contributed by atoms with Gasteiger partial charge in [0.05, 0.1) is 12.7 Å². The summed E-state index contributed by atoms with van der Waals surface area (Å²) >= 11 is 1.86. The third-order valence-electron chi connectivity index (χ3n) is 4.61. The van der Waals surface area contributed by atoms with E-state index in [4.69, 9.17) is 9.47 Å². The van der Waals surface area contributed by atoms with Crippen LogP contribution in [-0.4, -0.2) is 48.4 Å². The molecule has 1 N–H and O–H groups in total. The Hall–Kier alpha value is -0.260. The van der Waals surface area contributed by atoms with Crippen LogP contribution in [0.25, 0.3) is 0 Å². The summed E-state index contributed by atoms with van der Waals surface area (Å²) in [6.45, 7) is 3.26. The van der Waals surface area contributed by atoms with Gasteiger partial charge in [-0.1, -0.05) is 0 Å². The minimum Gasteiger partial charge on any atom is -0.465 e. The molecule has 0 bridgehead atoms. The molecule has 3 rings (SSSR count). The summed E-state index contributed by atoms with van der Waals surface area (Å²) in [7, 11) is 0. The molecule has 1 heterocycles. The smallest absolute Gasteiger partial charge is 0.327 e. The first-order valence-electron chi connectivity index (χ1n) is 8.39. The fourth-order valence-electron chi connectivity index (χ4n) is 3.12. The Morgan fingerprint density at radius 2 is 2.14 bits per heavy atom. The van der Waals surface area contributed by atoms with Gasteiger partial charge in [-0.05, 0) is 51.4 Å². The van der Waals surface area contributed by atoms with Gasteiger partial charge in [-0.2, -0.15) is 11.8 Å². The van der Waals surface area contributed by atoms with Crippen molar-refractivity contribution in [3.8, 4) is 0 Å². The van der Waals surface area contributed by atoms with Gasteiger partial charge in [0, 0.05) is 24.2 Å². The maximum absolute atomic E-state index is 12.6.